The van der Waals surface area contributed by atoms with Crippen molar-refractivity contribution in [3.05, 3.63) is 96.1 Å². The molecule has 2 heterocycles. The summed E-state index contributed by atoms with van der Waals surface area (Å²) in [4.78, 5) is 17.7. The minimum absolute atomic E-state index is 0.0405. The van der Waals surface area contributed by atoms with Crippen molar-refractivity contribution >= 4 is 5.91 Å². The first kappa shape index (κ1) is 25.7. The maximum atomic E-state index is 13.0. The van der Waals surface area contributed by atoms with Crippen molar-refractivity contribution in [2.24, 2.45) is 5.92 Å². The Morgan fingerprint density at radius 3 is 2.50 bits per heavy atom. The van der Waals surface area contributed by atoms with Crippen molar-refractivity contribution in [2.75, 3.05) is 6.54 Å². The summed E-state index contributed by atoms with van der Waals surface area (Å²) >= 11 is 0. The maximum absolute atomic E-state index is 13.0. The lowest BCUT2D eigenvalue weighted by Crippen LogP contribution is -2.28. The van der Waals surface area contributed by atoms with Gasteiger partial charge in [0.05, 0.1) is 6.20 Å². The molecule has 5 aromatic rings. The Labute approximate surface area is 233 Å². The highest BCUT2D eigenvalue weighted by atomic mass is 16.2. The summed E-state index contributed by atoms with van der Waals surface area (Å²) in [6.07, 6.45) is 7.11. The number of aromatic nitrogens is 6. The molecule has 0 atom stereocenters. The van der Waals surface area contributed by atoms with Gasteiger partial charge in [-0.2, -0.15) is 5.21 Å². The molecular formula is C32H33N7O. The molecule has 1 saturated carbocycles. The smallest absolute Gasteiger partial charge is 0.269 e. The largest absolute Gasteiger partial charge is 0.350 e. The summed E-state index contributed by atoms with van der Waals surface area (Å²) in [6, 6.07) is 25.1. The number of carbonyl (C=O) groups is 1. The molecule has 2 N–H and O–H groups in total. The van der Waals surface area contributed by atoms with E-state index in [4.69, 9.17) is 0 Å². The molecule has 0 radical (unpaired) electrons. The number of hydrogen-bond donors (Lipinski definition) is 2. The molecule has 0 unspecified atom stereocenters. The standard InChI is InChI=1S/C32H33N7O/c1-2-3-9-30-33-20-29(32(40)34-19-22-10-11-22)39(30)21-23-12-14-25(15-13-23)28-18-26(24-7-5-4-6-8-24)16-17-27(28)31-35-37-38-36-31/h4-8,12-18,20,22H,2-3,9-11,19,21H2,1H3,(H,34,40)(H,35,36,37,38). The first-order valence-corrected chi connectivity index (χ1v) is 14.0. The van der Waals surface area contributed by atoms with E-state index in [2.05, 4.69) is 97.0 Å². The number of aryl methyl sites for hydroxylation is 1. The van der Waals surface area contributed by atoms with Crippen LogP contribution in [0.2, 0.25) is 0 Å². The third-order valence-corrected chi connectivity index (χ3v) is 7.49. The predicted octanol–water partition coefficient (Wildman–Crippen LogP) is 5.93. The van der Waals surface area contributed by atoms with Crippen molar-refractivity contribution in [3.8, 4) is 33.6 Å². The zero-order valence-corrected chi connectivity index (χ0v) is 22.7. The van der Waals surface area contributed by atoms with Crippen molar-refractivity contribution in [2.45, 2.75) is 45.6 Å². The SMILES string of the molecule is CCCCc1ncc(C(=O)NCC2CC2)n1Cc1ccc(-c2cc(-c3ccccc3)ccc2-c2nn[nH]n2)cc1. The number of tetrazole rings is 1. The van der Waals surface area contributed by atoms with Crippen LogP contribution in [0.1, 0.15) is 54.5 Å². The van der Waals surface area contributed by atoms with E-state index in [9.17, 15) is 4.79 Å². The van der Waals surface area contributed by atoms with Gasteiger partial charge in [-0.05, 0) is 70.3 Å². The maximum Gasteiger partial charge on any atom is 0.269 e. The fourth-order valence-electron chi connectivity index (χ4n) is 4.99. The monoisotopic (exact) mass is 531 g/mol. The number of imidazole rings is 1. The van der Waals surface area contributed by atoms with Gasteiger partial charge in [0.1, 0.15) is 11.5 Å². The van der Waals surface area contributed by atoms with E-state index < -0.39 is 0 Å². The number of hydrogen-bond acceptors (Lipinski definition) is 5. The van der Waals surface area contributed by atoms with Crippen LogP contribution in [0.15, 0.2) is 79.0 Å². The highest BCUT2D eigenvalue weighted by molar-refractivity contribution is 5.92. The Morgan fingerprint density at radius 1 is 0.975 bits per heavy atom. The van der Waals surface area contributed by atoms with Gasteiger partial charge in [0, 0.05) is 25.1 Å². The van der Waals surface area contributed by atoms with Gasteiger partial charge in [-0.25, -0.2) is 4.98 Å². The summed E-state index contributed by atoms with van der Waals surface area (Å²) in [5.74, 6) is 2.10. The Balaban J connectivity index is 1.30. The summed E-state index contributed by atoms with van der Waals surface area (Å²) < 4.78 is 2.08. The average Bonchev–Trinajstić information content (AvgIpc) is 3.50. The first-order valence-electron chi connectivity index (χ1n) is 14.0. The molecule has 1 aliphatic carbocycles. The van der Waals surface area contributed by atoms with Gasteiger partial charge < -0.3 is 9.88 Å². The highest BCUT2D eigenvalue weighted by Gasteiger charge is 2.23. The third kappa shape index (κ3) is 5.71. The first-order chi connectivity index (χ1) is 19.7. The van der Waals surface area contributed by atoms with Gasteiger partial charge in [-0.1, -0.05) is 74.0 Å². The van der Waals surface area contributed by atoms with Gasteiger partial charge in [0.2, 0.25) is 5.82 Å². The van der Waals surface area contributed by atoms with Crippen LogP contribution in [-0.2, 0) is 13.0 Å². The zero-order valence-electron chi connectivity index (χ0n) is 22.7. The second-order valence-corrected chi connectivity index (χ2v) is 10.5. The van der Waals surface area contributed by atoms with Crippen molar-refractivity contribution in [1.82, 2.24) is 35.5 Å². The van der Waals surface area contributed by atoms with E-state index >= 15 is 0 Å². The van der Waals surface area contributed by atoms with Crippen LogP contribution in [0.4, 0.5) is 0 Å². The number of benzene rings is 3. The zero-order chi connectivity index (χ0) is 27.3. The molecule has 0 aliphatic heterocycles. The van der Waals surface area contributed by atoms with Crippen LogP contribution in [0.25, 0.3) is 33.6 Å². The minimum atomic E-state index is -0.0405. The summed E-state index contributed by atoms with van der Waals surface area (Å²) in [6.45, 7) is 3.51. The Bertz CT molecular complexity index is 1570. The number of nitrogens with zero attached hydrogens (tertiary/aromatic N) is 5. The van der Waals surface area contributed by atoms with Crippen LogP contribution >= 0.6 is 0 Å². The lowest BCUT2D eigenvalue weighted by molar-refractivity contribution is 0.0942. The number of rotatable bonds is 11. The fraction of sp³-hybridized carbons (Fsp3) is 0.281. The molecule has 2 aromatic heterocycles. The Kier molecular flexibility index (Phi) is 7.48. The molecule has 3 aromatic carbocycles. The fourth-order valence-corrected chi connectivity index (χ4v) is 4.99. The quantitative estimate of drug-likeness (QED) is 0.220. The van der Waals surface area contributed by atoms with Crippen LogP contribution < -0.4 is 5.32 Å². The van der Waals surface area contributed by atoms with Gasteiger partial charge in [0.15, 0.2) is 0 Å². The van der Waals surface area contributed by atoms with Gasteiger partial charge in [-0.3, -0.25) is 4.79 Å². The highest BCUT2D eigenvalue weighted by Crippen LogP contribution is 2.34. The lowest BCUT2D eigenvalue weighted by Gasteiger charge is -2.14. The Morgan fingerprint density at radius 2 is 1.77 bits per heavy atom. The number of carbonyl (C=O) groups excluding carboxylic acids is 1. The number of nitrogens with one attached hydrogen (secondary N) is 2. The van der Waals surface area contributed by atoms with Crippen LogP contribution in [-0.4, -0.2) is 42.6 Å². The van der Waals surface area contributed by atoms with E-state index in [-0.39, 0.29) is 5.91 Å². The van der Waals surface area contributed by atoms with Crippen LogP contribution in [0, 0.1) is 5.92 Å². The molecule has 1 fully saturated rings. The molecule has 1 amide bonds. The van der Waals surface area contributed by atoms with Crippen LogP contribution in [0.5, 0.6) is 0 Å². The third-order valence-electron chi connectivity index (χ3n) is 7.49. The van der Waals surface area contributed by atoms with Crippen molar-refractivity contribution < 1.29 is 4.79 Å². The van der Waals surface area contributed by atoms with Gasteiger partial charge in [0.25, 0.3) is 5.91 Å². The number of aromatic amines is 1. The predicted molar refractivity (Wildman–Crippen MR) is 155 cm³/mol. The van der Waals surface area contributed by atoms with Crippen molar-refractivity contribution in [3.63, 3.8) is 0 Å². The van der Waals surface area contributed by atoms with Gasteiger partial charge >= 0.3 is 0 Å². The summed E-state index contributed by atoms with van der Waals surface area (Å²) in [5, 5.41) is 17.9. The molecule has 1 aliphatic rings. The summed E-state index contributed by atoms with van der Waals surface area (Å²) in [5.41, 5.74) is 7.00. The molecule has 0 saturated heterocycles. The molecule has 0 bridgehead atoms. The lowest BCUT2D eigenvalue weighted by atomic mass is 9.93. The molecule has 8 nitrogen and oxygen atoms in total. The number of unbranched alkanes of at least 4 members (excludes halogenated alkanes) is 1. The summed E-state index contributed by atoms with van der Waals surface area (Å²) in [7, 11) is 0. The number of H-pyrrole nitrogens is 1. The Hall–Kier alpha value is -4.59. The molecule has 40 heavy (non-hydrogen) atoms. The normalized spacial score (nSPS) is 12.9. The van der Waals surface area contributed by atoms with Crippen molar-refractivity contribution in [1.29, 1.82) is 0 Å². The average molecular weight is 532 g/mol. The van der Waals surface area contributed by atoms with E-state index in [0.29, 0.717) is 24.0 Å². The molecule has 6 rings (SSSR count). The van der Waals surface area contributed by atoms with Gasteiger partial charge in [-0.15, -0.1) is 10.2 Å². The van der Waals surface area contributed by atoms with Crippen LogP contribution in [0.3, 0.4) is 0 Å². The molecular weight excluding hydrogens is 498 g/mol. The van der Waals surface area contributed by atoms with E-state index in [1.807, 2.05) is 18.2 Å². The topological polar surface area (TPSA) is 101 Å². The number of amides is 1. The van der Waals surface area contributed by atoms with E-state index in [1.165, 1.54) is 12.8 Å². The minimum Gasteiger partial charge on any atom is -0.350 e. The molecule has 8 heteroatoms. The molecule has 202 valence electrons. The van der Waals surface area contributed by atoms with E-state index in [1.54, 1.807) is 6.20 Å². The second-order valence-electron chi connectivity index (χ2n) is 10.5. The second kappa shape index (κ2) is 11.7. The van der Waals surface area contributed by atoms with E-state index in [0.717, 1.165) is 65.0 Å². The molecule has 0 spiro atoms.